The van der Waals surface area contributed by atoms with Gasteiger partial charge in [0.25, 0.3) is 0 Å². The Morgan fingerprint density at radius 2 is 2.07 bits per heavy atom. The number of thioether (sulfide) groups is 1. The minimum Gasteiger partial charge on any atom is -0.340 e. The van der Waals surface area contributed by atoms with Crippen molar-refractivity contribution in [2.75, 3.05) is 12.8 Å². The van der Waals surface area contributed by atoms with E-state index in [-0.39, 0.29) is 5.91 Å². The van der Waals surface area contributed by atoms with Gasteiger partial charge in [0.05, 0.1) is 22.2 Å². The third kappa shape index (κ3) is 3.67. The molecule has 0 fully saturated rings. The lowest BCUT2D eigenvalue weighted by Gasteiger charge is -2.15. The van der Waals surface area contributed by atoms with Crippen molar-refractivity contribution in [2.45, 2.75) is 18.6 Å². The molecule has 0 N–H and O–H groups in total. The summed E-state index contributed by atoms with van der Waals surface area (Å²) in [6.07, 6.45) is 0. The van der Waals surface area contributed by atoms with Crippen LogP contribution in [0.2, 0.25) is 4.34 Å². The summed E-state index contributed by atoms with van der Waals surface area (Å²) >= 11 is 8.86. The van der Waals surface area contributed by atoms with E-state index >= 15 is 0 Å². The summed E-state index contributed by atoms with van der Waals surface area (Å²) in [4.78, 5) is 15.3. The molecule has 4 aromatic rings. The number of para-hydroxylation sites is 1. The fraction of sp³-hybridized carbons (Fsp3) is 0.211. The molecular weight excluding hydrogens is 400 g/mol. The zero-order valence-corrected chi connectivity index (χ0v) is 17.2. The van der Waals surface area contributed by atoms with Crippen LogP contribution in [0.1, 0.15) is 10.4 Å². The van der Waals surface area contributed by atoms with Crippen molar-refractivity contribution < 1.29 is 4.79 Å². The van der Waals surface area contributed by atoms with Gasteiger partial charge < -0.3 is 4.90 Å². The van der Waals surface area contributed by atoms with Crippen LogP contribution in [0.25, 0.3) is 16.6 Å². The Kier molecular flexibility index (Phi) is 5.08. The quantitative estimate of drug-likeness (QED) is 0.444. The molecule has 0 aliphatic carbocycles. The second kappa shape index (κ2) is 7.50. The van der Waals surface area contributed by atoms with Crippen LogP contribution in [-0.2, 0) is 11.3 Å². The van der Waals surface area contributed by atoms with Crippen molar-refractivity contribution in [3.63, 3.8) is 0 Å². The van der Waals surface area contributed by atoms with Crippen LogP contribution in [0.4, 0.5) is 0 Å². The maximum atomic E-state index is 12.5. The second-order valence-corrected chi connectivity index (χ2v) is 9.01. The largest absolute Gasteiger partial charge is 0.340 e. The number of nitrogens with zero attached hydrogens (tertiary/aromatic N) is 4. The van der Waals surface area contributed by atoms with Crippen molar-refractivity contribution in [1.82, 2.24) is 19.5 Å². The third-order valence-corrected chi connectivity index (χ3v) is 6.48. The standard InChI is InChI=1S/C19H17ClN4OS2/c1-12-9-17-21-22-19(24(17)15-6-4-3-5-14(12)15)26-11-18(25)23(2)10-13-7-8-16(20)27-13/h3-9H,10-11H2,1-2H3. The van der Waals surface area contributed by atoms with Gasteiger partial charge in [-0.1, -0.05) is 41.6 Å². The van der Waals surface area contributed by atoms with Gasteiger partial charge in [0.1, 0.15) is 0 Å². The monoisotopic (exact) mass is 416 g/mol. The first-order valence-corrected chi connectivity index (χ1v) is 10.6. The molecule has 0 bridgehead atoms. The van der Waals surface area contributed by atoms with Gasteiger partial charge in [0.2, 0.25) is 5.91 Å². The van der Waals surface area contributed by atoms with Gasteiger partial charge in [-0.05, 0) is 36.8 Å². The molecule has 8 heteroatoms. The maximum Gasteiger partial charge on any atom is 0.233 e. The minimum absolute atomic E-state index is 0.0395. The van der Waals surface area contributed by atoms with Crippen molar-refractivity contribution in [2.24, 2.45) is 0 Å². The number of thiophene rings is 1. The lowest BCUT2D eigenvalue weighted by molar-refractivity contribution is -0.127. The normalized spacial score (nSPS) is 11.4. The number of aromatic nitrogens is 3. The minimum atomic E-state index is 0.0395. The number of hydrogen-bond donors (Lipinski definition) is 0. The molecule has 0 unspecified atom stereocenters. The Bertz CT molecular complexity index is 1140. The topological polar surface area (TPSA) is 50.5 Å². The number of aryl methyl sites for hydroxylation is 1. The lowest BCUT2D eigenvalue weighted by atomic mass is 10.1. The number of benzene rings is 1. The first-order valence-electron chi connectivity index (χ1n) is 8.37. The maximum absolute atomic E-state index is 12.5. The summed E-state index contributed by atoms with van der Waals surface area (Å²) in [7, 11) is 1.80. The van der Waals surface area contributed by atoms with E-state index in [1.165, 1.54) is 23.1 Å². The second-order valence-electron chi connectivity index (χ2n) is 6.26. The molecule has 5 nitrogen and oxygen atoms in total. The average Bonchev–Trinajstić information content (AvgIpc) is 3.25. The van der Waals surface area contributed by atoms with Gasteiger partial charge in [-0.15, -0.1) is 21.5 Å². The van der Waals surface area contributed by atoms with E-state index in [2.05, 4.69) is 29.3 Å². The highest BCUT2D eigenvalue weighted by Crippen LogP contribution is 2.26. The predicted octanol–water partition coefficient (Wildman–Crippen LogP) is 4.66. The number of rotatable bonds is 5. The van der Waals surface area contributed by atoms with Crippen LogP contribution < -0.4 is 0 Å². The zero-order valence-electron chi connectivity index (χ0n) is 14.8. The summed E-state index contributed by atoms with van der Waals surface area (Å²) in [6, 6.07) is 14.0. The van der Waals surface area contributed by atoms with Crippen LogP contribution in [0.3, 0.4) is 0 Å². The molecule has 0 atom stereocenters. The van der Waals surface area contributed by atoms with Crippen LogP contribution in [0, 0.1) is 6.92 Å². The predicted molar refractivity (Wildman–Crippen MR) is 112 cm³/mol. The first-order chi connectivity index (χ1) is 13.0. The van der Waals surface area contributed by atoms with E-state index in [0.29, 0.717) is 12.3 Å². The molecule has 27 heavy (non-hydrogen) atoms. The van der Waals surface area contributed by atoms with E-state index in [0.717, 1.165) is 36.5 Å². The van der Waals surface area contributed by atoms with Crippen LogP contribution in [0.5, 0.6) is 0 Å². The molecule has 3 heterocycles. The van der Waals surface area contributed by atoms with Gasteiger partial charge in [0, 0.05) is 17.3 Å². The zero-order chi connectivity index (χ0) is 19.0. The molecular formula is C19H17ClN4OS2. The Labute approximate surface area is 170 Å². The number of fused-ring (bicyclic) bond motifs is 3. The third-order valence-electron chi connectivity index (χ3n) is 4.35. The molecule has 0 saturated carbocycles. The van der Waals surface area contributed by atoms with E-state index < -0.39 is 0 Å². The SMILES string of the molecule is Cc1cc2nnc(SCC(=O)N(C)Cc3ccc(Cl)s3)n2c2ccccc12. The highest BCUT2D eigenvalue weighted by molar-refractivity contribution is 7.99. The first kappa shape index (κ1) is 18.3. The molecule has 0 aliphatic heterocycles. The van der Waals surface area contributed by atoms with Crippen LogP contribution in [-0.4, -0.2) is 38.2 Å². The Morgan fingerprint density at radius 3 is 2.85 bits per heavy atom. The van der Waals surface area contributed by atoms with Crippen molar-refractivity contribution in [1.29, 1.82) is 0 Å². The number of carbonyl (C=O) groups is 1. The molecule has 1 aromatic carbocycles. The van der Waals surface area contributed by atoms with E-state index in [4.69, 9.17) is 11.6 Å². The van der Waals surface area contributed by atoms with Gasteiger partial charge in [-0.2, -0.15) is 0 Å². The fourth-order valence-corrected chi connectivity index (χ4v) is 5.00. The molecule has 1 amide bonds. The van der Waals surface area contributed by atoms with E-state index in [1.807, 2.05) is 34.7 Å². The van der Waals surface area contributed by atoms with Gasteiger partial charge in [0.15, 0.2) is 10.8 Å². The molecule has 0 radical (unpaired) electrons. The molecule has 3 aromatic heterocycles. The number of hydrogen-bond acceptors (Lipinski definition) is 5. The Balaban J connectivity index is 1.53. The van der Waals surface area contributed by atoms with Crippen molar-refractivity contribution in [3.05, 3.63) is 57.2 Å². The molecule has 138 valence electrons. The smallest absolute Gasteiger partial charge is 0.233 e. The number of carbonyl (C=O) groups excluding carboxylic acids is 1. The highest BCUT2D eigenvalue weighted by Gasteiger charge is 2.15. The Morgan fingerprint density at radius 1 is 1.26 bits per heavy atom. The molecule has 0 saturated heterocycles. The van der Waals surface area contributed by atoms with Crippen molar-refractivity contribution in [3.8, 4) is 0 Å². The van der Waals surface area contributed by atoms with E-state index in [9.17, 15) is 4.79 Å². The summed E-state index contributed by atoms with van der Waals surface area (Å²) < 4.78 is 2.75. The average molecular weight is 417 g/mol. The molecule has 0 aliphatic rings. The molecule has 0 spiro atoms. The highest BCUT2D eigenvalue weighted by atomic mass is 35.5. The van der Waals surface area contributed by atoms with Crippen LogP contribution in [0.15, 0.2) is 47.6 Å². The number of amides is 1. The Hall–Kier alpha value is -2.09. The number of pyridine rings is 1. The number of halogens is 1. The summed E-state index contributed by atoms with van der Waals surface area (Å²) in [5.74, 6) is 0.344. The summed E-state index contributed by atoms with van der Waals surface area (Å²) in [6.45, 7) is 2.62. The van der Waals surface area contributed by atoms with Gasteiger partial charge in [-0.25, -0.2) is 0 Å². The van der Waals surface area contributed by atoms with Crippen LogP contribution >= 0.6 is 34.7 Å². The van der Waals surface area contributed by atoms with Gasteiger partial charge in [-0.3, -0.25) is 9.20 Å². The van der Waals surface area contributed by atoms with Crippen molar-refractivity contribution >= 4 is 57.2 Å². The van der Waals surface area contributed by atoms with E-state index in [1.54, 1.807) is 11.9 Å². The lowest BCUT2D eigenvalue weighted by Crippen LogP contribution is -2.27. The summed E-state index contributed by atoms with van der Waals surface area (Å²) in [5.41, 5.74) is 3.00. The fourth-order valence-electron chi connectivity index (χ4n) is 2.96. The summed E-state index contributed by atoms with van der Waals surface area (Å²) in [5, 5.41) is 10.5. The molecule has 4 rings (SSSR count). The van der Waals surface area contributed by atoms with Gasteiger partial charge >= 0.3 is 0 Å².